The molecule has 8 heteroatoms. The molecule has 0 atom stereocenters. The maximum atomic E-state index is 12.5. The summed E-state index contributed by atoms with van der Waals surface area (Å²) in [5.41, 5.74) is 2.59. The van der Waals surface area contributed by atoms with Gasteiger partial charge in [0.05, 0.1) is 0 Å². The first kappa shape index (κ1) is 21.0. The van der Waals surface area contributed by atoms with Crippen LogP contribution in [0.1, 0.15) is 31.1 Å². The lowest BCUT2D eigenvalue weighted by atomic mass is 10.1. The van der Waals surface area contributed by atoms with E-state index < -0.39 is 0 Å². The van der Waals surface area contributed by atoms with Crippen molar-refractivity contribution in [3.63, 3.8) is 0 Å². The van der Waals surface area contributed by atoms with Gasteiger partial charge in [-0.05, 0) is 60.7 Å². The molecular formula is C24H18N4O3S. The van der Waals surface area contributed by atoms with Crippen molar-refractivity contribution in [3.8, 4) is 0 Å². The largest absolute Gasteiger partial charge is 0.322 e. The quantitative estimate of drug-likeness (QED) is 0.395. The molecule has 0 aliphatic rings. The normalized spacial score (nSPS) is 10.2. The molecule has 1 aromatic heterocycles. The smallest absolute Gasteiger partial charge is 0.257 e. The number of aromatic nitrogens is 1. The number of hydrogen-bond donors (Lipinski definition) is 3. The summed E-state index contributed by atoms with van der Waals surface area (Å²) in [6.45, 7) is 0. The summed E-state index contributed by atoms with van der Waals surface area (Å²) in [5.74, 6) is -0.793. The van der Waals surface area contributed by atoms with E-state index in [0.29, 0.717) is 33.2 Å². The monoisotopic (exact) mass is 442 g/mol. The molecule has 1 heterocycles. The zero-order valence-electron chi connectivity index (χ0n) is 16.7. The Balaban J connectivity index is 1.34. The van der Waals surface area contributed by atoms with E-state index >= 15 is 0 Å². The van der Waals surface area contributed by atoms with Crippen LogP contribution in [-0.2, 0) is 0 Å². The second-order valence-electron chi connectivity index (χ2n) is 6.72. The van der Waals surface area contributed by atoms with Crippen molar-refractivity contribution in [1.82, 2.24) is 4.98 Å². The molecular weight excluding hydrogens is 424 g/mol. The van der Waals surface area contributed by atoms with Gasteiger partial charge in [0.2, 0.25) is 0 Å². The highest BCUT2D eigenvalue weighted by molar-refractivity contribution is 7.13. The number of carbonyl (C=O) groups excluding carboxylic acids is 3. The number of thiazole rings is 1. The minimum absolute atomic E-state index is 0.221. The summed E-state index contributed by atoms with van der Waals surface area (Å²) in [6, 6.07) is 22.0. The number of hydrogen-bond acceptors (Lipinski definition) is 5. The van der Waals surface area contributed by atoms with Gasteiger partial charge in [-0.3, -0.25) is 19.7 Å². The Bertz CT molecular complexity index is 1220. The number of benzene rings is 3. The van der Waals surface area contributed by atoms with Gasteiger partial charge in [0, 0.05) is 39.6 Å². The topological polar surface area (TPSA) is 100 Å². The summed E-state index contributed by atoms with van der Waals surface area (Å²) in [6.07, 6.45) is 1.61. The van der Waals surface area contributed by atoms with Crippen LogP contribution in [-0.4, -0.2) is 22.7 Å². The molecule has 0 saturated carbocycles. The van der Waals surface area contributed by atoms with Gasteiger partial charge in [0.15, 0.2) is 5.13 Å². The molecule has 0 fully saturated rings. The molecule has 3 N–H and O–H groups in total. The van der Waals surface area contributed by atoms with E-state index in [1.54, 1.807) is 84.4 Å². The number of carbonyl (C=O) groups is 3. The Morgan fingerprint density at radius 2 is 1.06 bits per heavy atom. The zero-order valence-corrected chi connectivity index (χ0v) is 17.6. The maximum Gasteiger partial charge on any atom is 0.257 e. The third-order valence-electron chi connectivity index (χ3n) is 4.50. The van der Waals surface area contributed by atoms with Gasteiger partial charge in [-0.15, -0.1) is 11.3 Å². The van der Waals surface area contributed by atoms with Gasteiger partial charge in [0.25, 0.3) is 17.7 Å². The Labute approximate surface area is 188 Å². The average Bonchev–Trinajstić information content (AvgIpc) is 3.33. The van der Waals surface area contributed by atoms with Gasteiger partial charge < -0.3 is 10.6 Å². The molecule has 3 amide bonds. The third kappa shape index (κ3) is 5.24. The summed E-state index contributed by atoms with van der Waals surface area (Å²) in [5, 5.41) is 10.6. The highest BCUT2D eigenvalue weighted by Gasteiger charge is 2.10. The van der Waals surface area contributed by atoms with Crippen molar-refractivity contribution in [2.45, 2.75) is 0 Å². The molecule has 32 heavy (non-hydrogen) atoms. The fourth-order valence-corrected chi connectivity index (χ4v) is 3.38. The standard InChI is InChI=1S/C24H18N4O3S/c29-21(16-4-2-1-3-5-16)26-19-10-6-17(7-11-19)22(30)27-20-12-8-18(9-13-20)23(31)28-24-25-14-15-32-24/h1-15H,(H,26,29)(H,27,30)(H,25,28,31). The second kappa shape index (κ2) is 9.67. The van der Waals surface area contributed by atoms with Crippen LogP contribution < -0.4 is 16.0 Å². The molecule has 0 unspecified atom stereocenters. The molecule has 0 radical (unpaired) electrons. The van der Waals surface area contributed by atoms with Crippen LogP contribution in [0.2, 0.25) is 0 Å². The van der Waals surface area contributed by atoms with Crippen LogP contribution in [0.5, 0.6) is 0 Å². The molecule has 4 rings (SSSR count). The van der Waals surface area contributed by atoms with Crippen molar-refractivity contribution in [2.75, 3.05) is 16.0 Å². The van der Waals surface area contributed by atoms with Crippen molar-refractivity contribution in [3.05, 3.63) is 107 Å². The molecule has 3 aromatic carbocycles. The molecule has 0 spiro atoms. The Kier molecular flexibility index (Phi) is 6.33. The lowest BCUT2D eigenvalue weighted by molar-refractivity contribution is 0.101. The van der Waals surface area contributed by atoms with E-state index in [9.17, 15) is 14.4 Å². The SMILES string of the molecule is O=C(Nc1ccc(C(=O)Nc2ccc(C(=O)Nc3nccs3)cc2)cc1)c1ccccc1. The van der Waals surface area contributed by atoms with Crippen LogP contribution in [0.25, 0.3) is 0 Å². The Morgan fingerprint density at radius 1 is 0.594 bits per heavy atom. The van der Waals surface area contributed by atoms with Crippen LogP contribution >= 0.6 is 11.3 Å². The van der Waals surface area contributed by atoms with Gasteiger partial charge in [-0.1, -0.05) is 18.2 Å². The summed E-state index contributed by atoms with van der Waals surface area (Å²) in [4.78, 5) is 41.0. The minimum atomic E-state index is -0.300. The molecule has 0 saturated heterocycles. The highest BCUT2D eigenvalue weighted by Crippen LogP contribution is 2.16. The summed E-state index contributed by atoms with van der Waals surface area (Å²) >= 11 is 1.33. The van der Waals surface area contributed by atoms with Crippen LogP contribution in [0.4, 0.5) is 16.5 Å². The zero-order chi connectivity index (χ0) is 22.3. The Morgan fingerprint density at radius 3 is 1.53 bits per heavy atom. The lowest BCUT2D eigenvalue weighted by Gasteiger charge is -2.08. The summed E-state index contributed by atoms with van der Waals surface area (Å²) < 4.78 is 0. The van der Waals surface area contributed by atoms with E-state index in [0.717, 1.165) is 0 Å². The summed E-state index contributed by atoms with van der Waals surface area (Å²) in [7, 11) is 0. The molecule has 158 valence electrons. The van der Waals surface area contributed by atoms with Gasteiger partial charge in [-0.25, -0.2) is 4.98 Å². The number of nitrogens with zero attached hydrogens (tertiary/aromatic N) is 1. The first-order valence-corrected chi connectivity index (χ1v) is 10.6. The predicted octanol–water partition coefficient (Wildman–Crippen LogP) is 4.90. The third-order valence-corrected chi connectivity index (χ3v) is 5.19. The van der Waals surface area contributed by atoms with E-state index in [-0.39, 0.29) is 17.7 Å². The van der Waals surface area contributed by atoms with Crippen molar-refractivity contribution in [2.24, 2.45) is 0 Å². The molecule has 0 bridgehead atoms. The van der Waals surface area contributed by atoms with Crippen LogP contribution in [0, 0.1) is 0 Å². The lowest BCUT2D eigenvalue weighted by Crippen LogP contribution is -2.14. The first-order chi connectivity index (χ1) is 15.6. The predicted molar refractivity (Wildman–Crippen MR) is 125 cm³/mol. The molecule has 0 aliphatic heterocycles. The molecule has 7 nitrogen and oxygen atoms in total. The number of anilines is 3. The highest BCUT2D eigenvalue weighted by atomic mass is 32.1. The Hall–Kier alpha value is -4.30. The van der Waals surface area contributed by atoms with E-state index in [4.69, 9.17) is 0 Å². The van der Waals surface area contributed by atoms with Crippen molar-refractivity contribution < 1.29 is 14.4 Å². The van der Waals surface area contributed by atoms with Crippen LogP contribution in [0.3, 0.4) is 0 Å². The van der Waals surface area contributed by atoms with Gasteiger partial charge in [0.1, 0.15) is 0 Å². The fourth-order valence-electron chi connectivity index (χ4n) is 2.86. The second-order valence-corrected chi connectivity index (χ2v) is 7.61. The molecule has 4 aromatic rings. The van der Waals surface area contributed by atoms with Crippen molar-refractivity contribution in [1.29, 1.82) is 0 Å². The minimum Gasteiger partial charge on any atom is -0.322 e. The average molecular weight is 443 g/mol. The maximum absolute atomic E-state index is 12.5. The number of amides is 3. The van der Waals surface area contributed by atoms with Crippen molar-refractivity contribution >= 4 is 45.6 Å². The first-order valence-electron chi connectivity index (χ1n) is 9.67. The van der Waals surface area contributed by atoms with E-state index in [2.05, 4.69) is 20.9 Å². The fraction of sp³-hybridized carbons (Fsp3) is 0. The van der Waals surface area contributed by atoms with E-state index in [1.807, 2.05) is 6.07 Å². The molecule has 0 aliphatic carbocycles. The number of rotatable bonds is 6. The number of nitrogens with one attached hydrogen (secondary N) is 3. The van der Waals surface area contributed by atoms with Crippen LogP contribution in [0.15, 0.2) is 90.4 Å². The van der Waals surface area contributed by atoms with Gasteiger partial charge >= 0.3 is 0 Å². The van der Waals surface area contributed by atoms with E-state index in [1.165, 1.54) is 11.3 Å². The van der Waals surface area contributed by atoms with Gasteiger partial charge in [-0.2, -0.15) is 0 Å².